The molecule has 0 aromatic rings. The molecule has 0 saturated heterocycles. The van der Waals surface area contributed by atoms with Crippen molar-refractivity contribution in [2.24, 2.45) is 23.7 Å². The second-order valence-electron chi connectivity index (χ2n) is 31.2. The van der Waals surface area contributed by atoms with Gasteiger partial charge in [0.2, 0.25) is 0 Å². The van der Waals surface area contributed by atoms with Crippen LogP contribution in [0.4, 0.5) is 0 Å². The van der Waals surface area contributed by atoms with Gasteiger partial charge in [-0.15, -0.1) is 0 Å². The number of carbonyl (C=O) groups excluding carboxylic acids is 4. The van der Waals surface area contributed by atoms with Gasteiger partial charge in [-0.3, -0.25) is 37.3 Å². The highest BCUT2D eigenvalue weighted by Crippen LogP contribution is 2.45. The Labute approximate surface area is 619 Å². The monoisotopic (exact) mass is 1480 g/mol. The minimum Gasteiger partial charge on any atom is -0.462 e. The number of esters is 4. The van der Waals surface area contributed by atoms with Gasteiger partial charge in [-0.2, -0.15) is 0 Å². The molecule has 0 aliphatic heterocycles. The highest BCUT2D eigenvalue weighted by Gasteiger charge is 2.30. The summed E-state index contributed by atoms with van der Waals surface area (Å²) < 4.78 is 68.7. The van der Waals surface area contributed by atoms with Gasteiger partial charge >= 0.3 is 39.5 Å². The summed E-state index contributed by atoms with van der Waals surface area (Å²) in [4.78, 5) is 73.0. The summed E-state index contributed by atoms with van der Waals surface area (Å²) in [6.45, 7) is 14.3. The van der Waals surface area contributed by atoms with Crippen LogP contribution in [0.5, 0.6) is 0 Å². The van der Waals surface area contributed by atoms with Crippen molar-refractivity contribution in [2.45, 2.75) is 440 Å². The number of aliphatic hydroxyl groups is 1. The zero-order valence-corrected chi connectivity index (χ0v) is 68.3. The molecule has 0 aromatic heterocycles. The maximum absolute atomic E-state index is 13.1. The molecule has 101 heavy (non-hydrogen) atoms. The van der Waals surface area contributed by atoms with Crippen LogP contribution in [0.1, 0.15) is 421 Å². The number of ether oxygens (including phenoxy) is 4. The molecule has 6 atom stereocenters. The third kappa shape index (κ3) is 74.7. The molecule has 0 heterocycles. The van der Waals surface area contributed by atoms with E-state index in [2.05, 4.69) is 55.4 Å². The zero-order chi connectivity index (χ0) is 74.6. The summed E-state index contributed by atoms with van der Waals surface area (Å²) in [6.07, 6.45) is 58.4. The molecule has 600 valence electrons. The van der Waals surface area contributed by atoms with E-state index in [9.17, 15) is 43.2 Å². The van der Waals surface area contributed by atoms with E-state index in [1.165, 1.54) is 218 Å². The second-order valence-corrected chi connectivity index (χ2v) is 34.1. The van der Waals surface area contributed by atoms with Crippen LogP contribution >= 0.6 is 15.6 Å². The Kier molecular flexibility index (Phi) is 69.6. The Morgan fingerprint density at radius 3 is 0.703 bits per heavy atom. The lowest BCUT2D eigenvalue weighted by Gasteiger charge is -2.21. The lowest BCUT2D eigenvalue weighted by atomic mass is 9.99. The minimum atomic E-state index is -4.96. The average Bonchev–Trinajstić information content (AvgIpc) is 0.947. The highest BCUT2D eigenvalue weighted by molar-refractivity contribution is 7.47. The molecule has 0 spiro atoms. The maximum Gasteiger partial charge on any atom is 0.472 e. The lowest BCUT2D eigenvalue weighted by Crippen LogP contribution is -2.30. The Morgan fingerprint density at radius 1 is 0.277 bits per heavy atom. The van der Waals surface area contributed by atoms with Gasteiger partial charge < -0.3 is 33.8 Å². The summed E-state index contributed by atoms with van der Waals surface area (Å²) in [5.41, 5.74) is 0. The van der Waals surface area contributed by atoms with E-state index in [4.69, 9.17) is 37.0 Å². The molecule has 0 radical (unpaired) electrons. The fourth-order valence-electron chi connectivity index (χ4n) is 12.6. The Morgan fingerprint density at radius 2 is 0.475 bits per heavy atom. The number of hydrogen-bond acceptors (Lipinski definition) is 15. The SMILES string of the molecule is CCC(C)CCCCCCCCCCCCCCCCC(=O)OC[C@H](COP(=O)(O)OCC(O)COP(=O)(O)OC[C@@H](COC(=O)CCCCCCCCC(C)C)OC(=O)CCCCCCCCCCCCCCCCCC(C)C)OC(=O)CCCCCCCCCCCCCCCC(C)C. The minimum absolute atomic E-state index is 0.106. The van der Waals surface area contributed by atoms with E-state index in [1.54, 1.807) is 0 Å². The molecular weight excluding hydrogens is 1320 g/mol. The molecule has 0 aliphatic rings. The third-order valence-corrected chi connectivity index (χ3v) is 21.3. The second kappa shape index (κ2) is 71.0. The first-order valence-corrected chi connectivity index (χ1v) is 45.2. The van der Waals surface area contributed by atoms with Crippen LogP contribution in [0.2, 0.25) is 0 Å². The number of rotatable bonds is 79. The molecule has 0 fully saturated rings. The van der Waals surface area contributed by atoms with Gasteiger partial charge in [-0.25, -0.2) is 9.13 Å². The number of hydrogen-bond donors (Lipinski definition) is 3. The zero-order valence-electron chi connectivity index (χ0n) is 66.5. The molecule has 19 heteroatoms. The molecule has 4 unspecified atom stereocenters. The summed E-state index contributed by atoms with van der Waals surface area (Å²) in [7, 11) is -9.92. The third-order valence-electron chi connectivity index (χ3n) is 19.4. The van der Waals surface area contributed by atoms with E-state index >= 15 is 0 Å². The smallest absolute Gasteiger partial charge is 0.462 e. The predicted octanol–water partition coefficient (Wildman–Crippen LogP) is 24.4. The Bertz CT molecular complexity index is 1970. The first kappa shape index (κ1) is 99.1. The van der Waals surface area contributed by atoms with Crippen LogP contribution in [0.25, 0.3) is 0 Å². The summed E-state index contributed by atoms with van der Waals surface area (Å²) in [5, 5.41) is 10.6. The molecule has 0 aliphatic carbocycles. The van der Waals surface area contributed by atoms with Gasteiger partial charge in [0.25, 0.3) is 0 Å². The fraction of sp³-hybridized carbons (Fsp3) is 0.951. The van der Waals surface area contributed by atoms with Gasteiger partial charge in [0, 0.05) is 25.7 Å². The molecule has 0 amide bonds. The first-order valence-electron chi connectivity index (χ1n) is 42.2. The first-order chi connectivity index (χ1) is 48.6. The number of phosphoric ester groups is 2. The quantitative estimate of drug-likeness (QED) is 0.0222. The molecule has 0 rings (SSSR count). The molecule has 0 saturated carbocycles. The van der Waals surface area contributed by atoms with Crippen molar-refractivity contribution in [1.29, 1.82) is 0 Å². The Balaban J connectivity index is 5.22. The van der Waals surface area contributed by atoms with Crippen LogP contribution in [0.15, 0.2) is 0 Å². The topological polar surface area (TPSA) is 237 Å². The van der Waals surface area contributed by atoms with Gasteiger partial charge in [0.05, 0.1) is 26.4 Å². The lowest BCUT2D eigenvalue weighted by molar-refractivity contribution is -0.161. The van der Waals surface area contributed by atoms with Crippen molar-refractivity contribution in [3.63, 3.8) is 0 Å². The van der Waals surface area contributed by atoms with Crippen LogP contribution in [0.3, 0.4) is 0 Å². The number of aliphatic hydroxyl groups excluding tert-OH is 1. The van der Waals surface area contributed by atoms with Crippen LogP contribution in [-0.2, 0) is 65.4 Å². The van der Waals surface area contributed by atoms with E-state index in [0.29, 0.717) is 31.6 Å². The van der Waals surface area contributed by atoms with Gasteiger partial charge in [-0.05, 0) is 49.4 Å². The van der Waals surface area contributed by atoms with Crippen molar-refractivity contribution < 1.29 is 80.2 Å². The Hall–Kier alpha value is -1.94. The van der Waals surface area contributed by atoms with E-state index < -0.39 is 97.5 Å². The van der Waals surface area contributed by atoms with Gasteiger partial charge in [0.15, 0.2) is 12.2 Å². The molecular formula is C82H160O17P2. The van der Waals surface area contributed by atoms with Gasteiger partial charge in [0.1, 0.15) is 19.3 Å². The average molecular weight is 1480 g/mol. The van der Waals surface area contributed by atoms with E-state index in [1.807, 2.05) is 0 Å². The van der Waals surface area contributed by atoms with Crippen LogP contribution in [0, 0.1) is 23.7 Å². The van der Waals surface area contributed by atoms with Crippen molar-refractivity contribution in [1.82, 2.24) is 0 Å². The number of phosphoric acid groups is 2. The van der Waals surface area contributed by atoms with Crippen molar-refractivity contribution in [3.8, 4) is 0 Å². The maximum atomic E-state index is 13.1. The normalized spacial score (nSPS) is 14.3. The predicted molar refractivity (Wildman–Crippen MR) is 414 cm³/mol. The summed E-state index contributed by atoms with van der Waals surface area (Å²) >= 11 is 0. The van der Waals surface area contributed by atoms with Crippen molar-refractivity contribution in [2.75, 3.05) is 39.6 Å². The van der Waals surface area contributed by atoms with Crippen LogP contribution < -0.4 is 0 Å². The van der Waals surface area contributed by atoms with Crippen LogP contribution in [-0.4, -0.2) is 96.7 Å². The van der Waals surface area contributed by atoms with Crippen molar-refractivity contribution in [3.05, 3.63) is 0 Å². The molecule has 17 nitrogen and oxygen atoms in total. The van der Waals surface area contributed by atoms with Crippen molar-refractivity contribution >= 4 is 39.5 Å². The number of unbranched alkanes of at least 4 members (excludes halogenated alkanes) is 44. The number of carbonyl (C=O) groups is 4. The largest absolute Gasteiger partial charge is 0.472 e. The summed E-state index contributed by atoms with van der Waals surface area (Å²) in [6, 6.07) is 0. The standard InChI is InChI=1S/C82H160O17P2/c1-9-75(8)61-53-45-36-30-24-18-13-14-19-25-31-37-46-54-62-79(84)92-68-77(98-81(86)65-57-49-39-33-27-21-15-17-23-29-35-43-51-59-73(4)5)70-96-100(88,89)94-66-76(83)67-95-101(90,91)97-71-78(69-93-80(85)63-55-47-41-40-44-52-60-74(6)7)99-82(87)64-56-48-38-32-26-20-12-10-11-16-22-28-34-42-50-58-72(2)3/h72-78,83H,9-71H2,1-8H3,(H,88,89)(H,90,91)/t75?,76?,77-,78-/m1/s1. The fourth-order valence-corrected chi connectivity index (χ4v) is 14.2. The summed E-state index contributed by atoms with van der Waals surface area (Å²) in [5.74, 6) is 1.00. The molecule has 0 bridgehead atoms. The molecule has 0 aromatic carbocycles. The molecule has 3 N–H and O–H groups in total. The van der Waals surface area contributed by atoms with E-state index in [0.717, 1.165) is 114 Å². The highest BCUT2D eigenvalue weighted by atomic mass is 31.2. The van der Waals surface area contributed by atoms with E-state index in [-0.39, 0.29) is 25.7 Å². The van der Waals surface area contributed by atoms with Gasteiger partial charge in [-0.1, -0.05) is 370 Å².